The van der Waals surface area contributed by atoms with E-state index in [0.717, 1.165) is 24.0 Å². The maximum absolute atomic E-state index is 11.8. The van der Waals surface area contributed by atoms with Gasteiger partial charge in [-0.15, -0.1) is 0 Å². The third-order valence-corrected chi connectivity index (χ3v) is 3.13. The summed E-state index contributed by atoms with van der Waals surface area (Å²) < 4.78 is 45.4. The van der Waals surface area contributed by atoms with Crippen molar-refractivity contribution in [3.63, 3.8) is 0 Å². The molecule has 0 aromatic heterocycles. The Hall–Kier alpha value is -1.27. The third kappa shape index (κ3) is 4.38. The van der Waals surface area contributed by atoms with E-state index in [1.807, 2.05) is 12.1 Å². The lowest BCUT2D eigenvalue weighted by molar-refractivity contribution is -0.174. The molecule has 1 aromatic rings. The van der Waals surface area contributed by atoms with Crippen LogP contribution in [0, 0.1) is 0 Å². The molecule has 112 valence electrons. The van der Waals surface area contributed by atoms with Crippen molar-refractivity contribution in [2.45, 2.75) is 31.5 Å². The number of hydrogen-bond donors (Lipinski definition) is 1. The summed E-state index contributed by atoms with van der Waals surface area (Å²) in [5, 5.41) is 9.66. The first kappa shape index (κ1) is 15.1. The van der Waals surface area contributed by atoms with E-state index in [9.17, 15) is 18.3 Å². The van der Waals surface area contributed by atoms with Crippen LogP contribution in [-0.4, -0.2) is 31.1 Å². The van der Waals surface area contributed by atoms with Gasteiger partial charge in [0.1, 0.15) is 12.4 Å². The zero-order valence-electron chi connectivity index (χ0n) is 10.9. The van der Waals surface area contributed by atoms with Crippen LogP contribution in [0.15, 0.2) is 18.2 Å². The first-order chi connectivity index (χ1) is 9.46. The quantitative estimate of drug-likeness (QED) is 0.819. The number of hydrogen-bond acceptors (Lipinski definition) is 3. The minimum atomic E-state index is -4.28. The molecule has 1 aliphatic carbocycles. The molecular weight excluding hydrogens is 273 g/mol. The van der Waals surface area contributed by atoms with Gasteiger partial charge < -0.3 is 14.6 Å². The summed E-state index contributed by atoms with van der Waals surface area (Å²) in [6.45, 7) is -0.897. The topological polar surface area (TPSA) is 38.7 Å². The van der Waals surface area contributed by atoms with Crippen molar-refractivity contribution < 1.29 is 27.8 Å². The van der Waals surface area contributed by atoms with Gasteiger partial charge in [-0.2, -0.15) is 13.2 Å². The standard InChI is InChI=1S/C14H17F3O3/c15-14(16,17)9-19-6-1-7-20-11-3-4-12-10(8-11)2-5-13(12)18/h3-4,8,13,18H,1-2,5-7,9H2/t13-/m1/s1. The molecule has 0 saturated carbocycles. The minimum absolute atomic E-state index is 0.0170. The Balaban J connectivity index is 1.68. The number of aryl methyl sites for hydroxylation is 1. The molecule has 1 N–H and O–H groups in total. The van der Waals surface area contributed by atoms with Gasteiger partial charge in [-0.05, 0) is 36.1 Å². The second-order valence-electron chi connectivity index (χ2n) is 4.78. The maximum Gasteiger partial charge on any atom is 0.411 e. The Bertz CT molecular complexity index is 446. The molecule has 0 spiro atoms. The average Bonchev–Trinajstić information content (AvgIpc) is 2.74. The molecule has 20 heavy (non-hydrogen) atoms. The van der Waals surface area contributed by atoms with E-state index in [2.05, 4.69) is 4.74 Å². The second kappa shape index (κ2) is 6.45. The van der Waals surface area contributed by atoms with Crippen LogP contribution in [0.2, 0.25) is 0 Å². The number of aliphatic hydroxyl groups excluding tert-OH is 1. The van der Waals surface area contributed by atoms with Gasteiger partial charge in [-0.1, -0.05) is 6.07 Å². The van der Waals surface area contributed by atoms with Crippen molar-refractivity contribution in [1.82, 2.24) is 0 Å². The van der Waals surface area contributed by atoms with Crippen LogP contribution in [0.25, 0.3) is 0 Å². The van der Waals surface area contributed by atoms with E-state index in [0.29, 0.717) is 18.8 Å². The van der Waals surface area contributed by atoms with E-state index < -0.39 is 18.9 Å². The molecule has 0 radical (unpaired) electrons. The molecule has 0 unspecified atom stereocenters. The molecule has 0 saturated heterocycles. The molecule has 0 bridgehead atoms. The zero-order chi connectivity index (χ0) is 14.6. The molecule has 0 amide bonds. The summed E-state index contributed by atoms with van der Waals surface area (Å²) in [4.78, 5) is 0. The summed E-state index contributed by atoms with van der Waals surface area (Å²) in [5.74, 6) is 0.675. The summed E-state index contributed by atoms with van der Waals surface area (Å²) in [7, 11) is 0. The van der Waals surface area contributed by atoms with Crippen LogP contribution >= 0.6 is 0 Å². The fourth-order valence-corrected chi connectivity index (χ4v) is 2.20. The van der Waals surface area contributed by atoms with E-state index in [-0.39, 0.29) is 6.61 Å². The lowest BCUT2D eigenvalue weighted by atomic mass is 10.1. The van der Waals surface area contributed by atoms with Crippen molar-refractivity contribution in [3.8, 4) is 5.75 Å². The predicted octanol–water partition coefficient (Wildman–Crippen LogP) is 3.01. The number of benzene rings is 1. The molecule has 3 nitrogen and oxygen atoms in total. The summed E-state index contributed by atoms with van der Waals surface area (Å²) in [6.07, 6.45) is -2.72. The molecule has 6 heteroatoms. The molecule has 0 heterocycles. The molecule has 0 aliphatic heterocycles. The normalized spacial score (nSPS) is 18.1. The first-order valence-electron chi connectivity index (χ1n) is 6.54. The largest absolute Gasteiger partial charge is 0.493 e. The van der Waals surface area contributed by atoms with Gasteiger partial charge in [0.25, 0.3) is 0 Å². The molecule has 1 aromatic carbocycles. The van der Waals surface area contributed by atoms with Gasteiger partial charge in [0, 0.05) is 6.42 Å². The van der Waals surface area contributed by atoms with E-state index in [1.165, 1.54) is 0 Å². The smallest absolute Gasteiger partial charge is 0.411 e. The molecule has 1 aliphatic rings. The highest BCUT2D eigenvalue weighted by atomic mass is 19.4. The first-order valence-corrected chi connectivity index (χ1v) is 6.54. The fraction of sp³-hybridized carbons (Fsp3) is 0.571. The van der Waals surface area contributed by atoms with Crippen molar-refractivity contribution in [2.24, 2.45) is 0 Å². The Morgan fingerprint density at radius 3 is 2.80 bits per heavy atom. The Morgan fingerprint density at radius 1 is 1.25 bits per heavy atom. The molecule has 1 atom stereocenters. The van der Waals surface area contributed by atoms with Crippen LogP contribution < -0.4 is 4.74 Å². The molecule has 0 fully saturated rings. The fourth-order valence-electron chi connectivity index (χ4n) is 2.20. The van der Waals surface area contributed by atoms with E-state index in [1.54, 1.807) is 6.07 Å². The van der Waals surface area contributed by atoms with Crippen molar-refractivity contribution in [3.05, 3.63) is 29.3 Å². The number of rotatable bonds is 6. The minimum Gasteiger partial charge on any atom is -0.493 e. The Labute approximate surface area is 115 Å². The van der Waals surface area contributed by atoms with Crippen molar-refractivity contribution in [2.75, 3.05) is 19.8 Å². The lowest BCUT2D eigenvalue weighted by Crippen LogP contribution is -2.18. The van der Waals surface area contributed by atoms with Gasteiger partial charge in [-0.25, -0.2) is 0 Å². The monoisotopic (exact) mass is 290 g/mol. The van der Waals surface area contributed by atoms with Crippen LogP contribution in [-0.2, 0) is 11.2 Å². The highest BCUT2D eigenvalue weighted by Crippen LogP contribution is 2.33. The summed E-state index contributed by atoms with van der Waals surface area (Å²) in [5.41, 5.74) is 2.01. The zero-order valence-corrected chi connectivity index (χ0v) is 10.9. The summed E-state index contributed by atoms with van der Waals surface area (Å²) in [6, 6.07) is 5.48. The Morgan fingerprint density at radius 2 is 2.05 bits per heavy atom. The molecular formula is C14H17F3O3. The van der Waals surface area contributed by atoms with Crippen molar-refractivity contribution in [1.29, 1.82) is 0 Å². The van der Waals surface area contributed by atoms with Crippen LogP contribution in [0.4, 0.5) is 13.2 Å². The van der Waals surface area contributed by atoms with Gasteiger partial charge >= 0.3 is 6.18 Å². The SMILES string of the molecule is O[C@@H]1CCc2cc(OCCCOCC(F)(F)F)ccc21. The number of ether oxygens (including phenoxy) is 2. The number of aliphatic hydroxyl groups is 1. The second-order valence-corrected chi connectivity index (χ2v) is 4.78. The Kier molecular flexibility index (Phi) is 4.88. The maximum atomic E-state index is 11.8. The van der Waals surface area contributed by atoms with E-state index in [4.69, 9.17) is 4.74 Å². The predicted molar refractivity (Wildman–Crippen MR) is 66.7 cm³/mol. The number of fused-ring (bicyclic) bond motifs is 1. The van der Waals surface area contributed by atoms with Gasteiger partial charge in [-0.3, -0.25) is 0 Å². The highest BCUT2D eigenvalue weighted by Gasteiger charge is 2.27. The summed E-state index contributed by atoms with van der Waals surface area (Å²) >= 11 is 0. The third-order valence-electron chi connectivity index (χ3n) is 3.13. The van der Waals surface area contributed by atoms with Crippen LogP contribution in [0.3, 0.4) is 0 Å². The lowest BCUT2D eigenvalue weighted by Gasteiger charge is -2.10. The molecule has 2 rings (SSSR count). The van der Waals surface area contributed by atoms with Gasteiger partial charge in [0.05, 0.1) is 19.3 Å². The average molecular weight is 290 g/mol. The number of alkyl halides is 3. The van der Waals surface area contributed by atoms with Crippen molar-refractivity contribution >= 4 is 0 Å². The van der Waals surface area contributed by atoms with Gasteiger partial charge in [0.15, 0.2) is 0 Å². The van der Waals surface area contributed by atoms with Gasteiger partial charge in [0.2, 0.25) is 0 Å². The van der Waals surface area contributed by atoms with E-state index >= 15 is 0 Å². The van der Waals surface area contributed by atoms with Crippen LogP contribution in [0.1, 0.15) is 30.1 Å². The van der Waals surface area contributed by atoms with Crippen LogP contribution in [0.5, 0.6) is 5.75 Å². The highest BCUT2D eigenvalue weighted by molar-refractivity contribution is 5.39. The number of halogens is 3.